The second-order valence-corrected chi connectivity index (χ2v) is 10.5. The van der Waals surface area contributed by atoms with Gasteiger partial charge in [0.1, 0.15) is 0 Å². The smallest absolute Gasteiger partial charge is 0.194 e. The topological polar surface area (TPSA) is 60.2 Å². The van der Waals surface area contributed by atoms with Crippen molar-refractivity contribution in [3.8, 4) is 0 Å². The van der Waals surface area contributed by atoms with Crippen molar-refractivity contribution in [3.63, 3.8) is 0 Å². The van der Waals surface area contributed by atoms with Gasteiger partial charge in [-0.05, 0) is 72.8 Å². The molecule has 0 aromatic heterocycles. The van der Waals surface area contributed by atoms with Gasteiger partial charge in [0.05, 0.1) is 0 Å². The highest BCUT2D eigenvalue weighted by molar-refractivity contribution is 6.28. The number of carbonyl (C=O) groups excluding carboxylic acids is 2. The molecule has 3 heteroatoms. The Morgan fingerprint density at radius 3 is 2.09 bits per heavy atom. The van der Waals surface area contributed by atoms with E-state index in [1.165, 1.54) is 5.57 Å². The first-order valence-corrected chi connectivity index (χ1v) is 12.3. The number of allylic oxidation sites excluding steroid dienone is 1. The summed E-state index contributed by atoms with van der Waals surface area (Å²) in [5, 5.41) is 0. The Labute approximate surface area is 199 Å². The van der Waals surface area contributed by atoms with Crippen LogP contribution in [0.1, 0.15) is 110 Å². The van der Waals surface area contributed by atoms with E-state index in [9.17, 15) is 9.59 Å². The molecule has 0 amide bonds. The highest BCUT2D eigenvalue weighted by atomic mass is 16.1. The van der Waals surface area contributed by atoms with Crippen molar-refractivity contribution in [1.29, 1.82) is 0 Å². The van der Waals surface area contributed by atoms with Crippen LogP contribution >= 0.6 is 0 Å². The maximum absolute atomic E-state index is 13.4. The first kappa shape index (κ1) is 25.1. The maximum Gasteiger partial charge on any atom is 0.194 e. The lowest BCUT2D eigenvalue weighted by Crippen LogP contribution is -2.26. The van der Waals surface area contributed by atoms with Crippen LogP contribution in [0.25, 0.3) is 0 Å². The molecule has 176 valence electrons. The standard InChI is InChI=1S/C30H39NO2/c1-7-10-21-12-14-23-25(17-21)27(32)24-15-13-22(18-26(24)28(23)33)30(6,8-2)16-9-11-20(3)29(4,5)19-31/h11-15,17-18H,7-10,16,19,31H2,1-6H3/b20-11+. The molecule has 1 unspecified atom stereocenters. The van der Waals surface area contributed by atoms with Gasteiger partial charge in [-0.15, -0.1) is 0 Å². The monoisotopic (exact) mass is 445 g/mol. The molecule has 0 aliphatic heterocycles. The molecule has 2 aromatic rings. The van der Waals surface area contributed by atoms with Crippen molar-refractivity contribution in [2.45, 2.75) is 79.1 Å². The molecule has 1 atom stereocenters. The van der Waals surface area contributed by atoms with E-state index < -0.39 is 0 Å². The minimum atomic E-state index is -0.0761. The predicted octanol–water partition coefficient (Wildman–Crippen LogP) is 6.79. The lowest BCUT2D eigenvalue weighted by atomic mass is 9.73. The molecule has 3 nitrogen and oxygen atoms in total. The summed E-state index contributed by atoms with van der Waals surface area (Å²) in [4.78, 5) is 26.6. The Bertz CT molecular complexity index is 1090. The van der Waals surface area contributed by atoms with Crippen LogP contribution in [0.15, 0.2) is 48.0 Å². The van der Waals surface area contributed by atoms with Crippen LogP contribution in [0.3, 0.4) is 0 Å². The molecular weight excluding hydrogens is 406 g/mol. The van der Waals surface area contributed by atoms with E-state index in [2.05, 4.69) is 53.7 Å². The Hall–Kier alpha value is -2.52. The van der Waals surface area contributed by atoms with Crippen molar-refractivity contribution in [3.05, 3.63) is 81.4 Å². The molecular formula is C30H39NO2. The van der Waals surface area contributed by atoms with Gasteiger partial charge in [-0.1, -0.05) is 70.9 Å². The molecule has 0 bridgehead atoms. The lowest BCUT2D eigenvalue weighted by molar-refractivity contribution is 0.0979. The van der Waals surface area contributed by atoms with E-state index in [4.69, 9.17) is 5.73 Å². The van der Waals surface area contributed by atoms with E-state index in [0.29, 0.717) is 28.8 Å². The molecule has 2 N–H and O–H groups in total. The van der Waals surface area contributed by atoms with Crippen LogP contribution in [-0.4, -0.2) is 18.1 Å². The number of aryl methyl sites for hydroxylation is 1. The second-order valence-electron chi connectivity index (χ2n) is 10.5. The summed E-state index contributed by atoms with van der Waals surface area (Å²) in [6.45, 7) is 13.7. The van der Waals surface area contributed by atoms with Crippen molar-refractivity contribution < 1.29 is 9.59 Å². The van der Waals surface area contributed by atoms with Crippen molar-refractivity contribution in [2.75, 3.05) is 6.54 Å². The van der Waals surface area contributed by atoms with Gasteiger partial charge in [-0.2, -0.15) is 0 Å². The Kier molecular flexibility index (Phi) is 7.43. The summed E-state index contributed by atoms with van der Waals surface area (Å²) >= 11 is 0. The van der Waals surface area contributed by atoms with Crippen molar-refractivity contribution in [2.24, 2.45) is 11.1 Å². The third-order valence-corrected chi connectivity index (χ3v) is 7.82. The summed E-state index contributed by atoms with van der Waals surface area (Å²) in [7, 11) is 0. The van der Waals surface area contributed by atoms with Crippen LogP contribution in [0.2, 0.25) is 0 Å². The molecule has 0 radical (unpaired) electrons. The van der Waals surface area contributed by atoms with Crippen LogP contribution in [0.5, 0.6) is 0 Å². The van der Waals surface area contributed by atoms with Gasteiger partial charge >= 0.3 is 0 Å². The maximum atomic E-state index is 13.4. The number of hydrogen-bond acceptors (Lipinski definition) is 3. The number of rotatable bonds is 9. The van der Waals surface area contributed by atoms with Gasteiger partial charge in [-0.25, -0.2) is 0 Å². The minimum Gasteiger partial charge on any atom is -0.330 e. The highest BCUT2D eigenvalue weighted by Gasteiger charge is 2.32. The van der Waals surface area contributed by atoms with Gasteiger partial charge in [0.2, 0.25) is 0 Å². The average molecular weight is 446 g/mol. The SMILES string of the molecule is CCCc1ccc2c(c1)C(=O)c1ccc(C(C)(CC)CC/C=C(\C)C(C)(C)CN)cc1C2=O. The zero-order valence-corrected chi connectivity index (χ0v) is 21.2. The first-order valence-electron chi connectivity index (χ1n) is 12.3. The fourth-order valence-corrected chi connectivity index (χ4v) is 4.59. The van der Waals surface area contributed by atoms with Crippen LogP contribution in [-0.2, 0) is 11.8 Å². The third kappa shape index (κ3) is 4.89. The van der Waals surface area contributed by atoms with Gasteiger partial charge in [0.25, 0.3) is 0 Å². The van der Waals surface area contributed by atoms with Crippen molar-refractivity contribution in [1.82, 2.24) is 0 Å². The number of carbonyl (C=O) groups is 2. The molecule has 0 saturated carbocycles. The molecule has 0 saturated heterocycles. The molecule has 2 aromatic carbocycles. The minimum absolute atomic E-state index is 0.00556. The Morgan fingerprint density at radius 2 is 1.52 bits per heavy atom. The summed E-state index contributed by atoms with van der Waals surface area (Å²) < 4.78 is 0. The normalized spacial score (nSPS) is 15.8. The molecule has 1 aliphatic rings. The van der Waals surface area contributed by atoms with E-state index in [1.807, 2.05) is 30.3 Å². The van der Waals surface area contributed by atoms with Crippen molar-refractivity contribution >= 4 is 11.6 Å². The number of benzene rings is 2. The Morgan fingerprint density at radius 1 is 0.909 bits per heavy atom. The summed E-state index contributed by atoms with van der Waals surface area (Å²) in [5.74, 6) is -0.0757. The zero-order chi connectivity index (χ0) is 24.4. The Balaban J connectivity index is 1.91. The van der Waals surface area contributed by atoms with E-state index in [1.54, 1.807) is 0 Å². The fraction of sp³-hybridized carbons (Fsp3) is 0.467. The van der Waals surface area contributed by atoms with Gasteiger partial charge in [0.15, 0.2) is 11.6 Å². The van der Waals surface area contributed by atoms with E-state index >= 15 is 0 Å². The molecule has 33 heavy (non-hydrogen) atoms. The second kappa shape index (κ2) is 9.77. The highest BCUT2D eigenvalue weighted by Crippen LogP contribution is 2.37. The molecule has 0 spiro atoms. The van der Waals surface area contributed by atoms with Crippen LogP contribution < -0.4 is 5.73 Å². The van der Waals surface area contributed by atoms with E-state index in [-0.39, 0.29) is 22.4 Å². The zero-order valence-electron chi connectivity index (χ0n) is 21.2. The number of hydrogen-bond donors (Lipinski definition) is 1. The first-order chi connectivity index (χ1) is 15.6. The van der Waals surface area contributed by atoms with Gasteiger partial charge in [0, 0.05) is 28.8 Å². The summed E-state index contributed by atoms with van der Waals surface area (Å²) in [5.41, 5.74) is 11.6. The quantitative estimate of drug-likeness (QED) is 0.369. The fourth-order valence-electron chi connectivity index (χ4n) is 4.59. The van der Waals surface area contributed by atoms with Gasteiger partial charge in [-0.3, -0.25) is 9.59 Å². The number of fused-ring (bicyclic) bond motifs is 2. The van der Waals surface area contributed by atoms with Crippen LogP contribution in [0, 0.1) is 5.41 Å². The van der Waals surface area contributed by atoms with Gasteiger partial charge < -0.3 is 5.73 Å². The predicted molar refractivity (Wildman–Crippen MR) is 137 cm³/mol. The molecule has 0 heterocycles. The summed E-state index contributed by atoms with van der Waals surface area (Å²) in [6.07, 6.45) is 7.10. The number of ketones is 2. The number of nitrogens with two attached hydrogens (primary N) is 1. The molecule has 1 aliphatic carbocycles. The molecule has 3 rings (SSSR count). The third-order valence-electron chi connectivity index (χ3n) is 7.82. The summed E-state index contributed by atoms with van der Waals surface area (Å²) in [6, 6.07) is 11.6. The van der Waals surface area contributed by atoms with Crippen LogP contribution in [0.4, 0.5) is 0 Å². The average Bonchev–Trinajstić information content (AvgIpc) is 2.82. The largest absolute Gasteiger partial charge is 0.330 e. The molecule has 0 fully saturated rings. The van der Waals surface area contributed by atoms with E-state index in [0.717, 1.165) is 43.2 Å². The lowest BCUT2D eigenvalue weighted by Gasteiger charge is -2.31.